The van der Waals surface area contributed by atoms with E-state index < -0.39 is 0 Å². The summed E-state index contributed by atoms with van der Waals surface area (Å²) < 4.78 is 0.977. The number of nitrogens with two attached hydrogens (primary N) is 1. The molecule has 2 N–H and O–H groups in total. The third-order valence-corrected chi connectivity index (χ3v) is 1.89. The Kier molecular flexibility index (Phi) is 2.40. The number of halogens is 1. The van der Waals surface area contributed by atoms with Crippen molar-refractivity contribution < 1.29 is 0 Å². The molecule has 0 amide bonds. The fourth-order valence-electron chi connectivity index (χ4n) is 0.733. The monoisotopic (exact) mass is 200 g/mol. The second kappa shape index (κ2) is 3.12. The first-order chi connectivity index (χ1) is 4.72. The number of pyridine rings is 1. The zero-order chi connectivity index (χ0) is 7.56. The van der Waals surface area contributed by atoms with Crippen molar-refractivity contribution in [2.45, 2.75) is 13.0 Å². The summed E-state index contributed by atoms with van der Waals surface area (Å²) in [4.78, 5) is 4.11. The van der Waals surface area contributed by atoms with Crippen molar-refractivity contribution in [3.8, 4) is 0 Å². The highest BCUT2D eigenvalue weighted by atomic mass is 79.9. The molecule has 0 aliphatic heterocycles. The van der Waals surface area contributed by atoms with Gasteiger partial charge in [-0.1, -0.05) is 0 Å². The predicted octanol–water partition coefficient (Wildman–Crippen LogP) is 1.86. The second-order valence-corrected chi connectivity index (χ2v) is 3.01. The largest absolute Gasteiger partial charge is 0.323 e. The molecule has 0 aliphatic carbocycles. The average molecular weight is 201 g/mol. The van der Waals surface area contributed by atoms with E-state index in [2.05, 4.69) is 20.9 Å². The van der Waals surface area contributed by atoms with E-state index in [4.69, 9.17) is 5.73 Å². The van der Waals surface area contributed by atoms with Crippen molar-refractivity contribution >= 4 is 15.9 Å². The van der Waals surface area contributed by atoms with Crippen LogP contribution < -0.4 is 5.73 Å². The van der Waals surface area contributed by atoms with Crippen molar-refractivity contribution in [3.05, 3.63) is 28.5 Å². The minimum atomic E-state index is -0.00410. The number of hydrogen-bond donors (Lipinski definition) is 1. The molecule has 1 heterocycles. The average Bonchev–Trinajstić information content (AvgIpc) is 1.88. The van der Waals surface area contributed by atoms with Gasteiger partial charge in [0, 0.05) is 16.7 Å². The summed E-state index contributed by atoms with van der Waals surface area (Å²) in [6.45, 7) is 1.91. The molecule has 1 rings (SSSR count). The van der Waals surface area contributed by atoms with Crippen LogP contribution in [0.5, 0.6) is 0 Å². The lowest BCUT2D eigenvalue weighted by Gasteiger charge is -2.04. The Labute approximate surface area is 68.6 Å². The Hall–Kier alpha value is -0.410. The summed E-state index contributed by atoms with van der Waals surface area (Å²) in [5, 5.41) is 0. The van der Waals surface area contributed by atoms with Crippen LogP contribution in [0.1, 0.15) is 18.7 Å². The molecule has 0 aromatic carbocycles. The minimum absolute atomic E-state index is 0.00410. The first-order valence-corrected chi connectivity index (χ1v) is 3.87. The fraction of sp³-hybridized carbons (Fsp3) is 0.286. The molecule has 2 nitrogen and oxygen atoms in total. The topological polar surface area (TPSA) is 38.9 Å². The van der Waals surface area contributed by atoms with Crippen molar-refractivity contribution in [3.63, 3.8) is 0 Å². The van der Waals surface area contributed by atoms with E-state index in [0.717, 1.165) is 10.2 Å². The van der Waals surface area contributed by atoms with Crippen LogP contribution >= 0.6 is 15.9 Å². The zero-order valence-electron chi connectivity index (χ0n) is 5.71. The van der Waals surface area contributed by atoms with Crippen LogP contribution in [0.15, 0.2) is 22.8 Å². The Balaban J connectivity index is 3.03. The summed E-state index contributed by atoms with van der Waals surface area (Å²) >= 11 is 3.35. The molecule has 1 aromatic heterocycles. The van der Waals surface area contributed by atoms with Gasteiger partial charge in [0.25, 0.3) is 0 Å². The molecule has 1 atom stereocenters. The maximum atomic E-state index is 5.62. The van der Waals surface area contributed by atoms with Crippen LogP contribution in [0.2, 0.25) is 0 Å². The van der Waals surface area contributed by atoms with Gasteiger partial charge in [0.15, 0.2) is 0 Å². The van der Waals surface area contributed by atoms with Gasteiger partial charge < -0.3 is 5.73 Å². The maximum Gasteiger partial charge on any atom is 0.0709 e. The number of hydrogen-bond acceptors (Lipinski definition) is 2. The molecule has 0 saturated heterocycles. The molecule has 0 aliphatic rings. The summed E-state index contributed by atoms with van der Waals surface area (Å²) in [7, 11) is 0. The third kappa shape index (κ3) is 1.55. The fourth-order valence-corrected chi connectivity index (χ4v) is 1.35. The van der Waals surface area contributed by atoms with Crippen LogP contribution in [-0.4, -0.2) is 4.98 Å². The molecule has 0 unspecified atom stereocenters. The van der Waals surface area contributed by atoms with Crippen LogP contribution in [-0.2, 0) is 0 Å². The lowest BCUT2D eigenvalue weighted by atomic mass is 10.2. The van der Waals surface area contributed by atoms with Gasteiger partial charge in [-0.05, 0) is 35.0 Å². The number of nitrogens with zero attached hydrogens (tertiary/aromatic N) is 1. The zero-order valence-corrected chi connectivity index (χ0v) is 7.30. The molecule has 54 valence electrons. The normalized spacial score (nSPS) is 13.1. The maximum absolute atomic E-state index is 5.62. The van der Waals surface area contributed by atoms with Crippen LogP contribution in [0.4, 0.5) is 0 Å². The summed E-state index contributed by atoms with van der Waals surface area (Å²) in [5.74, 6) is 0. The molecule has 0 bridgehead atoms. The highest BCUT2D eigenvalue weighted by molar-refractivity contribution is 9.10. The van der Waals surface area contributed by atoms with Crippen LogP contribution in [0, 0.1) is 0 Å². The smallest absolute Gasteiger partial charge is 0.0709 e. The van der Waals surface area contributed by atoms with E-state index in [1.165, 1.54) is 0 Å². The Morgan fingerprint density at radius 3 is 2.80 bits per heavy atom. The predicted molar refractivity (Wildman–Crippen MR) is 44.5 cm³/mol. The van der Waals surface area contributed by atoms with Crippen LogP contribution in [0.25, 0.3) is 0 Å². The standard InChI is InChI=1S/C7H9BrN2/c1-5(9)7-6(8)3-2-4-10-7/h2-5H,9H2,1H3/t5-/m0/s1. The molecule has 0 radical (unpaired) electrons. The van der Waals surface area contributed by atoms with Gasteiger partial charge in [0.05, 0.1) is 5.69 Å². The lowest BCUT2D eigenvalue weighted by molar-refractivity contribution is 0.775. The van der Waals surface area contributed by atoms with Gasteiger partial charge in [0.1, 0.15) is 0 Å². The van der Waals surface area contributed by atoms with Gasteiger partial charge in [-0.3, -0.25) is 4.98 Å². The van der Waals surface area contributed by atoms with E-state index >= 15 is 0 Å². The summed E-state index contributed by atoms with van der Waals surface area (Å²) in [5.41, 5.74) is 6.53. The molecule has 0 saturated carbocycles. The quantitative estimate of drug-likeness (QED) is 0.753. The molecular formula is C7H9BrN2. The van der Waals surface area contributed by atoms with Gasteiger partial charge in [-0.2, -0.15) is 0 Å². The molecule has 1 aromatic rings. The Bertz CT molecular complexity index is 223. The van der Waals surface area contributed by atoms with Gasteiger partial charge in [0.2, 0.25) is 0 Å². The second-order valence-electron chi connectivity index (χ2n) is 2.16. The van der Waals surface area contributed by atoms with Crippen molar-refractivity contribution in [1.82, 2.24) is 4.98 Å². The molecular weight excluding hydrogens is 192 g/mol. The van der Waals surface area contributed by atoms with Crippen LogP contribution in [0.3, 0.4) is 0 Å². The number of aromatic nitrogens is 1. The minimum Gasteiger partial charge on any atom is -0.323 e. The van der Waals surface area contributed by atoms with Crippen molar-refractivity contribution in [1.29, 1.82) is 0 Å². The first kappa shape index (κ1) is 7.69. The Morgan fingerprint density at radius 2 is 2.40 bits per heavy atom. The highest BCUT2D eigenvalue weighted by Gasteiger charge is 2.03. The molecule has 3 heteroatoms. The van der Waals surface area contributed by atoms with Gasteiger partial charge in [-0.25, -0.2) is 0 Å². The highest BCUT2D eigenvalue weighted by Crippen LogP contribution is 2.17. The van der Waals surface area contributed by atoms with E-state index in [9.17, 15) is 0 Å². The molecule has 0 fully saturated rings. The number of rotatable bonds is 1. The summed E-state index contributed by atoms with van der Waals surface area (Å²) in [6.07, 6.45) is 1.74. The van der Waals surface area contributed by atoms with Gasteiger partial charge >= 0.3 is 0 Å². The SMILES string of the molecule is C[C@H](N)c1ncccc1Br. The van der Waals surface area contributed by atoms with E-state index in [-0.39, 0.29) is 6.04 Å². The summed E-state index contributed by atoms with van der Waals surface area (Å²) in [6, 6.07) is 3.80. The Morgan fingerprint density at radius 1 is 1.70 bits per heavy atom. The third-order valence-electron chi connectivity index (χ3n) is 1.22. The lowest BCUT2D eigenvalue weighted by Crippen LogP contribution is -2.07. The van der Waals surface area contributed by atoms with Gasteiger partial charge in [-0.15, -0.1) is 0 Å². The van der Waals surface area contributed by atoms with E-state index in [1.807, 2.05) is 19.1 Å². The van der Waals surface area contributed by atoms with Crippen molar-refractivity contribution in [2.75, 3.05) is 0 Å². The van der Waals surface area contributed by atoms with E-state index in [1.54, 1.807) is 6.20 Å². The molecule has 10 heavy (non-hydrogen) atoms. The van der Waals surface area contributed by atoms with E-state index in [0.29, 0.717) is 0 Å². The molecule has 0 spiro atoms. The van der Waals surface area contributed by atoms with Crippen molar-refractivity contribution in [2.24, 2.45) is 5.73 Å². The first-order valence-electron chi connectivity index (χ1n) is 3.08.